The van der Waals surface area contributed by atoms with Crippen molar-refractivity contribution in [1.82, 2.24) is 15.2 Å². The van der Waals surface area contributed by atoms with Crippen molar-refractivity contribution in [3.8, 4) is 22.9 Å². The second-order valence-electron chi connectivity index (χ2n) is 7.31. The van der Waals surface area contributed by atoms with Crippen LogP contribution in [0.15, 0.2) is 64.7 Å². The zero-order valence-corrected chi connectivity index (χ0v) is 20.3. The van der Waals surface area contributed by atoms with Crippen LogP contribution in [0.2, 0.25) is 0 Å². The van der Waals surface area contributed by atoms with E-state index in [1.165, 1.54) is 12.8 Å². The number of aromatic nitrogens is 3. The molecule has 32 heavy (non-hydrogen) atoms. The summed E-state index contributed by atoms with van der Waals surface area (Å²) in [5.74, 6) is 2.17. The van der Waals surface area contributed by atoms with E-state index in [9.17, 15) is 0 Å². The van der Waals surface area contributed by atoms with E-state index in [-0.39, 0.29) is 0 Å². The molecule has 4 rings (SSSR count). The third-order valence-electron chi connectivity index (χ3n) is 4.90. The van der Waals surface area contributed by atoms with Gasteiger partial charge < -0.3 is 14.8 Å². The molecule has 0 saturated carbocycles. The molecule has 0 fully saturated rings. The number of unbranched alkanes of at least 4 members (excludes halogenated alkanes) is 2. The van der Waals surface area contributed by atoms with Crippen molar-refractivity contribution in [3.05, 3.63) is 65.2 Å². The number of nitrogens with zero attached hydrogens (tertiary/aromatic N) is 3. The van der Waals surface area contributed by atoms with E-state index >= 15 is 0 Å². The van der Waals surface area contributed by atoms with Crippen LogP contribution in [-0.2, 0) is 0 Å². The Hall–Kier alpha value is -2.58. The van der Waals surface area contributed by atoms with E-state index in [1.807, 2.05) is 42.5 Å². The van der Waals surface area contributed by atoms with Gasteiger partial charge in [0.25, 0.3) is 0 Å². The number of benzene rings is 2. The number of hydrogen-bond acceptors (Lipinski definition) is 7. The Morgan fingerprint density at radius 1 is 1.22 bits per heavy atom. The molecule has 6 nitrogen and oxygen atoms in total. The highest BCUT2D eigenvalue weighted by Crippen LogP contribution is 2.41. The zero-order valence-electron chi connectivity index (χ0n) is 17.9. The Kier molecular flexibility index (Phi) is 7.65. The summed E-state index contributed by atoms with van der Waals surface area (Å²) in [5, 5.41) is 13.0. The first-order valence-corrected chi connectivity index (χ1v) is 12.4. The van der Waals surface area contributed by atoms with Gasteiger partial charge in [-0.3, -0.25) is 0 Å². The van der Waals surface area contributed by atoms with Gasteiger partial charge in [-0.15, -0.1) is 10.2 Å². The topological polar surface area (TPSA) is 69.2 Å². The number of nitrogens with one attached hydrogen (secondary N) is 1. The van der Waals surface area contributed by atoms with E-state index in [0.717, 1.165) is 39.2 Å². The van der Waals surface area contributed by atoms with Crippen LogP contribution >= 0.6 is 27.7 Å². The first-order chi connectivity index (χ1) is 15.7. The maximum Gasteiger partial charge on any atom is 0.247 e. The van der Waals surface area contributed by atoms with Crippen LogP contribution in [0.3, 0.4) is 0 Å². The van der Waals surface area contributed by atoms with Crippen molar-refractivity contribution >= 4 is 33.4 Å². The molecule has 2 heterocycles. The average Bonchev–Trinajstić information content (AvgIpc) is 2.97. The number of fused-ring (bicyclic) bond motifs is 3. The van der Waals surface area contributed by atoms with Gasteiger partial charge in [0.05, 0.1) is 0 Å². The van der Waals surface area contributed by atoms with Gasteiger partial charge in [0, 0.05) is 27.0 Å². The molecule has 0 radical (unpaired) electrons. The van der Waals surface area contributed by atoms with Crippen molar-refractivity contribution < 1.29 is 9.47 Å². The predicted molar refractivity (Wildman–Crippen MR) is 132 cm³/mol. The number of hydrogen-bond donors (Lipinski definition) is 1. The molecule has 2 aromatic carbocycles. The van der Waals surface area contributed by atoms with E-state index in [0.29, 0.717) is 23.3 Å². The zero-order chi connectivity index (χ0) is 22.3. The first-order valence-electron chi connectivity index (χ1n) is 10.6. The lowest BCUT2D eigenvalue weighted by Gasteiger charge is -2.20. The lowest BCUT2D eigenvalue weighted by Crippen LogP contribution is -2.17. The van der Waals surface area contributed by atoms with Crippen molar-refractivity contribution in [2.45, 2.75) is 37.6 Å². The van der Waals surface area contributed by atoms with Gasteiger partial charge in [-0.1, -0.05) is 72.2 Å². The molecule has 0 saturated heterocycles. The molecule has 1 atom stereocenters. The molecule has 3 aromatic rings. The lowest BCUT2D eigenvalue weighted by atomic mass is 10.1. The number of halogens is 1. The molecule has 0 bridgehead atoms. The number of rotatable bonds is 9. The minimum absolute atomic E-state index is 0.442. The summed E-state index contributed by atoms with van der Waals surface area (Å²) in [4.78, 5) is 4.71. The molecule has 1 aliphatic heterocycles. The Labute approximate surface area is 201 Å². The summed E-state index contributed by atoms with van der Waals surface area (Å²) in [5.41, 5.74) is 3.32. The van der Waals surface area contributed by atoms with Crippen molar-refractivity contribution in [1.29, 1.82) is 0 Å². The summed E-state index contributed by atoms with van der Waals surface area (Å²) < 4.78 is 13.0. The molecule has 8 heteroatoms. The van der Waals surface area contributed by atoms with Crippen LogP contribution < -0.4 is 14.8 Å². The highest BCUT2D eigenvalue weighted by molar-refractivity contribution is 9.10. The fourth-order valence-corrected chi connectivity index (χ4v) is 4.46. The molecule has 0 unspecified atom stereocenters. The molecule has 1 N–H and O–H groups in total. The summed E-state index contributed by atoms with van der Waals surface area (Å²) in [7, 11) is 0. The summed E-state index contributed by atoms with van der Waals surface area (Å²) in [6.07, 6.45) is 4.76. The van der Waals surface area contributed by atoms with Crippen LogP contribution in [-0.4, -0.2) is 27.5 Å². The maximum atomic E-state index is 6.36. The van der Waals surface area contributed by atoms with Gasteiger partial charge >= 0.3 is 0 Å². The van der Waals surface area contributed by atoms with Crippen LogP contribution in [0.25, 0.3) is 11.3 Å². The minimum atomic E-state index is -0.460. The van der Waals surface area contributed by atoms with E-state index in [4.69, 9.17) is 14.5 Å². The maximum absolute atomic E-state index is 6.36. The Morgan fingerprint density at radius 3 is 2.97 bits per heavy atom. The Morgan fingerprint density at radius 2 is 2.12 bits per heavy atom. The second-order valence-corrected chi connectivity index (χ2v) is 9.29. The Balaban J connectivity index is 1.68. The van der Waals surface area contributed by atoms with Crippen molar-refractivity contribution in [3.63, 3.8) is 0 Å². The van der Waals surface area contributed by atoms with Gasteiger partial charge in [0.15, 0.2) is 11.9 Å². The molecule has 0 amide bonds. The number of thioether (sulfide) groups is 1. The Bertz CT molecular complexity index is 1100. The SMILES string of the molecule is C=CCOc1cccc([C@H]2Nc3ccc(Br)cc3-c3nnc(SCCCCC)nc3O2)c1. The van der Waals surface area contributed by atoms with Gasteiger partial charge in [-0.2, -0.15) is 4.98 Å². The normalized spacial score (nSPS) is 14.4. The molecule has 0 spiro atoms. The third-order valence-corrected chi connectivity index (χ3v) is 6.31. The van der Waals surface area contributed by atoms with E-state index < -0.39 is 6.23 Å². The average molecular weight is 513 g/mol. The first kappa shape index (κ1) is 22.6. The molecular weight excluding hydrogens is 488 g/mol. The van der Waals surface area contributed by atoms with Crippen LogP contribution in [0.5, 0.6) is 11.6 Å². The third kappa shape index (κ3) is 5.42. The van der Waals surface area contributed by atoms with Crippen molar-refractivity contribution in [2.75, 3.05) is 17.7 Å². The molecule has 166 valence electrons. The van der Waals surface area contributed by atoms with E-state index in [2.05, 4.69) is 44.9 Å². The second kappa shape index (κ2) is 10.8. The fourth-order valence-electron chi connectivity index (χ4n) is 3.32. The highest BCUT2D eigenvalue weighted by Gasteiger charge is 2.26. The summed E-state index contributed by atoms with van der Waals surface area (Å²) >= 11 is 5.17. The van der Waals surface area contributed by atoms with Gasteiger partial charge in [0.1, 0.15) is 12.4 Å². The molecule has 0 aliphatic carbocycles. The molecule has 1 aromatic heterocycles. The monoisotopic (exact) mass is 512 g/mol. The highest BCUT2D eigenvalue weighted by atomic mass is 79.9. The standard InChI is InChI=1S/C24H25BrN4O2S/c1-3-5-6-13-32-24-27-23-21(28-29-24)19-15-17(25)10-11-20(19)26-22(31-23)16-8-7-9-18(14-16)30-12-4-2/h4,7-11,14-15,22,26H,2-3,5-6,12-13H2,1H3/t22-/m0/s1. The van der Waals surface area contributed by atoms with Crippen LogP contribution in [0.4, 0.5) is 5.69 Å². The summed E-state index contributed by atoms with van der Waals surface area (Å²) in [6, 6.07) is 13.8. The van der Waals surface area contributed by atoms with Gasteiger partial charge in [0.2, 0.25) is 11.0 Å². The minimum Gasteiger partial charge on any atom is -0.490 e. The van der Waals surface area contributed by atoms with Crippen LogP contribution in [0.1, 0.15) is 38.0 Å². The quantitative estimate of drug-likeness (QED) is 0.195. The molecular formula is C24H25BrN4O2S. The predicted octanol–water partition coefficient (Wildman–Crippen LogP) is 6.65. The number of ether oxygens (including phenoxy) is 2. The lowest BCUT2D eigenvalue weighted by molar-refractivity contribution is 0.224. The van der Waals surface area contributed by atoms with Crippen LogP contribution in [0, 0.1) is 0 Å². The van der Waals surface area contributed by atoms with Gasteiger partial charge in [-0.05, 0) is 36.8 Å². The largest absolute Gasteiger partial charge is 0.490 e. The molecule has 1 aliphatic rings. The van der Waals surface area contributed by atoms with Gasteiger partial charge in [-0.25, -0.2) is 0 Å². The fraction of sp³-hybridized carbons (Fsp3) is 0.292. The van der Waals surface area contributed by atoms with Crippen molar-refractivity contribution in [2.24, 2.45) is 0 Å². The van der Waals surface area contributed by atoms with E-state index in [1.54, 1.807) is 17.8 Å². The smallest absolute Gasteiger partial charge is 0.247 e. The summed E-state index contributed by atoms with van der Waals surface area (Å²) in [6.45, 7) is 6.34. The number of anilines is 1.